The molecule has 0 saturated carbocycles. The van der Waals surface area contributed by atoms with Crippen LogP contribution in [0.25, 0.3) is 0 Å². The molecule has 0 aliphatic rings. The van der Waals surface area contributed by atoms with Crippen LogP contribution in [0.4, 0.5) is 0 Å². The van der Waals surface area contributed by atoms with Crippen molar-refractivity contribution in [3.63, 3.8) is 0 Å². The molecule has 26 heavy (non-hydrogen) atoms. The van der Waals surface area contributed by atoms with Crippen LogP contribution in [0.1, 0.15) is 37.6 Å². The van der Waals surface area contributed by atoms with Gasteiger partial charge in [-0.15, -0.1) is 12.4 Å². The Bertz CT molecular complexity index is 708. The summed E-state index contributed by atoms with van der Waals surface area (Å²) in [5.41, 5.74) is 3.48. The van der Waals surface area contributed by atoms with E-state index in [1.807, 2.05) is 30.5 Å². The van der Waals surface area contributed by atoms with E-state index < -0.39 is 0 Å². The van der Waals surface area contributed by atoms with Gasteiger partial charge < -0.3 is 15.0 Å². The van der Waals surface area contributed by atoms with Crippen LogP contribution < -0.4 is 10.1 Å². The second-order valence-corrected chi connectivity index (χ2v) is 7.35. The largest absolute Gasteiger partial charge is 0.484 e. The molecule has 1 amide bonds. The van der Waals surface area contributed by atoms with Gasteiger partial charge in [0.1, 0.15) is 5.75 Å². The Morgan fingerprint density at radius 3 is 2.65 bits per heavy atom. The third kappa shape index (κ3) is 6.35. The van der Waals surface area contributed by atoms with Gasteiger partial charge in [0.25, 0.3) is 5.91 Å². The van der Waals surface area contributed by atoms with E-state index in [4.69, 9.17) is 4.74 Å². The lowest BCUT2D eigenvalue weighted by molar-refractivity contribution is -0.130. The standard InChI is InChI=1S/C19H28N4O2.ClH/c1-19(2,3)18-15(12-21-22-18)11-20-10-14-7-6-8-16(9-14)25-13-17(24)23(4)5;/h6-9,12,20H,10-11,13H2,1-5H3,(H,21,22);1H. The molecule has 2 aromatic rings. The lowest BCUT2D eigenvalue weighted by atomic mass is 9.89. The Hall–Kier alpha value is -2.05. The van der Waals surface area contributed by atoms with Gasteiger partial charge in [-0.2, -0.15) is 5.10 Å². The van der Waals surface area contributed by atoms with E-state index in [9.17, 15) is 4.79 Å². The van der Waals surface area contributed by atoms with E-state index in [0.29, 0.717) is 12.3 Å². The fourth-order valence-corrected chi connectivity index (χ4v) is 2.46. The van der Waals surface area contributed by atoms with Crippen molar-refractivity contribution >= 4 is 18.3 Å². The molecule has 0 aliphatic carbocycles. The van der Waals surface area contributed by atoms with Crippen molar-refractivity contribution in [3.05, 3.63) is 47.3 Å². The molecular formula is C19H29ClN4O2. The normalized spacial score (nSPS) is 11.0. The molecule has 0 unspecified atom stereocenters. The molecule has 2 N–H and O–H groups in total. The number of hydrogen-bond acceptors (Lipinski definition) is 4. The van der Waals surface area contributed by atoms with E-state index in [1.54, 1.807) is 14.1 Å². The number of amides is 1. The average Bonchev–Trinajstić information content (AvgIpc) is 3.01. The van der Waals surface area contributed by atoms with Gasteiger partial charge in [-0.25, -0.2) is 0 Å². The number of ether oxygens (including phenoxy) is 1. The molecule has 0 aliphatic heterocycles. The van der Waals surface area contributed by atoms with E-state index in [-0.39, 0.29) is 30.3 Å². The van der Waals surface area contributed by atoms with Crippen LogP contribution >= 0.6 is 12.4 Å². The molecule has 0 saturated heterocycles. The van der Waals surface area contributed by atoms with Crippen LogP contribution in [0.15, 0.2) is 30.5 Å². The quantitative estimate of drug-likeness (QED) is 0.774. The molecule has 1 aromatic heterocycles. The lowest BCUT2D eigenvalue weighted by Crippen LogP contribution is -2.27. The smallest absolute Gasteiger partial charge is 0.259 e. The van der Waals surface area contributed by atoms with Crippen molar-refractivity contribution in [3.8, 4) is 5.75 Å². The number of likely N-dealkylation sites (N-methyl/N-ethyl adjacent to an activating group) is 1. The SMILES string of the molecule is CN(C)C(=O)COc1cccc(CNCc2cn[nH]c2C(C)(C)C)c1.Cl. The zero-order valence-electron chi connectivity index (χ0n) is 16.1. The highest BCUT2D eigenvalue weighted by atomic mass is 35.5. The van der Waals surface area contributed by atoms with Crippen LogP contribution in [-0.4, -0.2) is 41.7 Å². The fourth-order valence-electron chi connectivity index (χ4n) is 2.46. The first kappa shape index (κ1) is 22.0. The molecule has 0 spiro atoms. The summed E-state index contributed by atoms with van der Waals surface area (Å²) in [5, 5.41) is 10.7. The number of nitrogens with zero attached hydrogens (tertiary/aromatic N) is 2. The van der Waals surface area contributed by atoms with Crippen LogP contribution in [-0.2, 0) is 23.3 Å². The third-order valence-corrected chi connectivity index (χ3v) is 3.87. The Kier molecular flexibility index (Phi) is 8.11. The van der Waals surface area contributed by atoms with Crippen LogP contribution in [0.2, 0.25) is 0 Å². The number of carbonyl (C=O) groups excluding carboxylic acids is 1. The molecule has 0 bridgehead atoms. The van der Waals surface area contributed by atoms with Crippen LogP contribution in [0.3, 0.4) is 0 Å². The summed E-state index contributed by atoms with van der Waals surface area (Å²) < 4.78 is 5.55. The van der Waals surface area contributed by atoms with Gasteiger partial charge in [-0.3, -0.25) is 9.89 Å². The van der Waals surface area contributed by atoms with Crippen molar-refractivity contribution in [1.82, 2.24) is 20.4 Å². The molecule has 0 radical (unpaired) electrons. The molecule has 6 nitrogen and oxygen atoms in total. The Labute approximate surface area is 161 Å². The van der Waals surface area contributed by atoms with E-state index in [2.05, 4.69) is 36.3 Å². The van der Waals surface area contributed by atoms with Gasteiger partial charge in [0.15, 0.2) is 6.61 Å². The first-order chi connectivity index (χ1) is 11.8. The molecule has 1 heterocycles. The Morgan fingerprint density at radius 1 is 1.27 bits per heavy atom. The van der Waals surface area contributed by atoms with Crippen molar-refractivity contribution in [1.29, 1.82) is 0 Å². The second-order valence-electron chi connectivity index (χ2n) is 7.35. The minimum absolute atomic E-state index is 0. The third-order valence-electron chi connectivity index (χ3n) is 3.87. The fraction of sp³-hybridized carbons (Fsp3) is 0.474. The number of aromatic amines is 1. The van der Waals surface area contributed by atoms with Crippen molar-refractivity contribution in [2.75, 3.05) is 20.7 Å². The minimum Gasteiger partial charge on any atom is -0.484 e. The van der Waals surface area contributed by atoms with Gasteiger partial charge in [0.05, 0.1) is 6.20 Å². The maximum absolute atomic E-state index is 11.6. The summed E-state index contributed by atoms with van der Waals surface area (Å²) in [4.78, 5) is 13.1. The second kappa shape index (κ2) is 9.59. The van der Waals surface area contributed by atoms with E-state index >= 15 is 0 Å². The molecule has 1 aromatic carbocycles. The van der Waals surface area contributed by atoms with Gasteiger partial charge in [0.2, 0.25) is 0 Å². The molecule has 7 heteroatoms. The lowest BCUT2D eigenvalue weighted by Gasteiger charge is -2.18. The molecule has 2 rings (SSSR count). The number of aromatic nitrogens is 2. The summed E-state index contributed by atoms with van der Waals surface area (Å²) in [5.74, 6) is 0.645. The molecule has 144 valence electrons. The Balaban J connectivity index is 0.00000338. The van der Waals surface area contributed by atoms with Gasteiger partial charge in [0, 0.05) is 43.9 Å². The number of hydrogen-bond donors (Lipinski definition) is 2. The molecule has 0 fully saturated rings. The summed E-state index contributed by atoms with van der Waals surface area (Å²) in [6.07, 6.45) is 1.87. The topological polar surface area (TPSA) is 70.2 Å². The number of nitrogens with one attached hydrogen (secondary N) is 2. The predicted octanol–water partition coefficient (Wildman–Crippen LogP) is 2.89. The zero-order valence-corrected chi connectivity index (χ0v) is 16.9. The van der Waals surface area contributed by atoms with E-state index in [0.717, 1.165) is 17.8 Å². The van der Waals surface area contributed by atoms with Crippen LogP contribution in [0, 0.1) is 0 Å². The van der Waals surface area contributed by atoms with Gasteiger partial charge in [-0.05, 0) is 17.7 Å². The van der Waals surface area contributed by atoms with Gasteiger partial charge in [-0.1, -0.05) is 32.9 Å². The maximum atomic E-state index is 11.6. The number of halogens is 1. The Morgan fingerprint density at radius 2 is 2.00 bits per heavy atom. The average molecular weight is 381 g/mol. The highest BCUT2D eigenvalue weighted by molar-refractivity contribution is 5.85. The summed E-state index contributed by atoms with van der Waals surface area (Å²) >= 11 is 0. The highest BCUT2D eigenvalue weighted by Crippen LogP contribution is 2.23. The molecule has 0 atom stereocenters. The minimum atomic E-state index is -0.0572. The van der Waals surface area contributed by atoms with Gasteiger partial charge >= 0.3 is 0 Å². The first-order valence-electron chi connectivity index (χ1n) is 8.42. The summed E-state index contributed by atoms with van der Waals surface area (Å²) in [6.45, 7) is 8.01. The maximum Gasteiger partial charge on any atom is 0.259 e. The predicted molar refractivity (Wildman–Crippen MR) is 106 cm³/mol. The zero-order chi connectivity index (χ0) is 18.4. The summed E-state index contributed by atoms with van der Waals surface area (Å²) in [6, 6.07) is 7.79. The molecular weight excluding hydrogens is 352 g/mol. The van der Waals surface area contributed by atoms with Crippen molar-refractivity contribution < 1.29 is 9.53 Å². The monoisotopic (exact) mass is 380 g/mol. The van der Waals surface area contributed by atoms with Crippen molar-refractivity contribution in [2.45, 2.75) is 39.3 Å². The highest BCUT2D eigenvalue weighted by Gasteiger charge is 2.19. The van der Waals surface area contributed by atoms with E-state index in [1.165, 1.54) is 10.5 Å². The van der Waals surface area contributed by atoms with Crippen molar-refractivity contribution in [2.24, 2.45) is 0 Å². The number of benzene rings is 1. The number of H-pyrrole nitrogens is 1. The summed E-state index contributed by atoms with van der Waals surface area (Å²) in [7, 11) is 3.43. The number of carbonyl (C=O) groups is 1. The van der Waals surface area contributed by atoms with Crippen LogP contribution in [0.5, 0.6) is 5.75 Å². The first-order valence-corrected chi connectivity index (χ1v) is 8.42. The number of rotatable bonds is 7.